The lowest BCUT2D eigenvalue weighted by Gasteiger charge is -2.28. The van der Waals surface area contributed by atoms with Gasteiger partial charge in [-0.3, -0.25) is 9.52 Å². The summed E-state index contributed by atoms with van der Waals surface area (Å²) in [6.07, 6.45) is 5.06. The monoisotopic (exact) mass is 364 g/mol. The second kappa shape index (κ2) is 8.32. The third-order valence-electron chi connectivity index (χ3n) is 4.33. The predicted molar refractivity (Wildman–Crippen MR) is 96.1 cm³/mol. The maximum atomic E-state index is 12.4. The zero-order chi connectivity index (χ0) is 18.4. The molecule has 1 saturated carbocycles. The van der Waals surface area contributed by atoms with E-state index in [2.05, 4.69) is 16.1 Å². The highest BCUT2D eigenvalue weighted by Gasteiger charge is 2.29. The van der Waals surface area contributed by atoms with Crippen molar-refractivity contribution in [2.24, 2.45) is 11.7 Å². The first kappa shape index (κ1) is 19.2. The molecular weight excluding hydrogens is 340 g/mol. The average molecular weight is 364 g/mol. The first-order chi connectivity index (χ1) is 11.8. The Hall–Kier alpha value is -2.11. The number of nitrogens with zero attached hydrogens (tertiary/aromatic N) is 1. The van der Waals surface area contributed by atoms with Crippen LogP contribution in [0.25, 0.3) is 0 Å². The molecule has 2 rings (SSSR count). The molecule has 0 saturated heterocycles. The summed E-state index contributed by atoms with van der Waals surface area (Å²) in [5.74, 6) is -0.389. The van der Waals surface area contributed by atoms with Crippen LogP contribution in [0.15, 0.2) is 24.3 Å². The fourth-order valence-corrected chi connectivity index (χ4v) is 3.62. The number of carbonyl (C=O) groups excluding carboxylic acids is 1. The molecule has 8 heteroatoms. The molecule has 25 heavy (non-hydrogen) atoms. The van der Waals surface area contributed by atoms with Gasteiger partial charge in [-0.2, -0.15) is 5.26 Å². The van der Waals surface area contributed by atoms with Gasteiger partial charge in [-0.05, 0) is 30.5 Å². The summed E-state index contributed by atoms with van der Waals surface area (Å²) in [5, 5.41) is 12.1. The van der Waals surface area contributed by atoms with Crippen LogP contribution in [0.2, 0.25) is 0 Å². The highest BCUT2D eigenvalue weighted by atomic mass is 32.2. The SMILES string of the molecule is CS(=O)(=O)Nc1ccc(C[C@@H](C#N)NC(=O)[C@@H]2CCCC[C@@H]2N)cc1. The minimum Gasteiger partial charge on any atom is -0.340 e. The molecule has 4 N–H and O–H groups in total. The molecule has 0 unspecified atom stereocenters. The molecule has 0 aliphatic heterocycles. The number of nitriles is 1. The molecule has 0 spiro atoms. The van der Waals surface area contributed by atoms with Gasteiger partial charge in [0.05, 0.1) is 18.2 Å². The Labute approximate surface area is 148 Å². The van der Waals surface area contributed by atoms with Gasteiger partial charge in [0.25, 0.3) is 0 Å². The van der Waals surface area contributed by atoms with Crippen molar-refractivity contribution in [3.63, 3.8) is 0 Å². The molecule has 0 heterocycles. The van der Waals surface area contributed by atoms with Crippen LogP contribution < -0.4 is 15.8 Å². The van der Waals surface area contributed by atoms with E-state index in [9.17, 15) is 18.5 Å². The number of hydrogen-bond donors (Lipinski definition) is 3. The van der Waals surface area contributed by atoms with Crippen molar-refractivity contribution >= 4 is 21.6 Å². The van der Waals surface area contributed by atoms with Gasteiger partial charge in [-0.15, -0.1) is 0 Å². The lowest BCUT2D eigenvalue weighted by atomic mass is 9.84. The number of nitrogens with two attached hydrogens (primary N) is 1. The molecule has 1 aliphatic carbocycles. The molecule has 136 valence electrons. The van der Waals surface area contributed by atoms with E-state index in [4.69, 9.17) is 5.73 Å². The van der Waals surface area contributed by atoms with Crippen molar-refractivity contribution in [2.75, 3.05) is 11.0 Å². The number of benzene rings is 1. The van der Waals surface area contributed by atoms with Crippen molar-refractivity contribution in [3.05, 3.63) is 29.8 Å². The van der Waals surface area contributed by atoms with Crippen molar-refractivity contribution < 1.29 is 13.2 Å². The quantitative estimate of drug-likeness (QED) is 0.698. The van der Waals surface area contributed by atoms with E-state index in [1.807, 2.05) is 0 Å². The number of nitrogens with one attached hydrogen (secondary N) is 2. The van der Waals surface area contributed by atoms with Crippen LogP contribution in [0.4, 0.5) is 5.69 Å². The summed E-state index contributed by atoms with van der Waals surface area (Å²) >= 11 is 0. The Kier molecular flexibility index (Phi) is 6.39. The largest absolute Gasteiger partial charge is 0.340 e. The maximum absolute atomic E-state index is 12.4. The van der Waals surface area contributed by atoms with Gasteiger partial charge in [0.1, 0.15) is 6.04 Å². The smallest absolute Gasteiger partial charge is 0.229 e. The minimum absolute atomic E-state index is 0.144. The Bertz CT molecular complexity index is 740. The lowest BCUT2D eigenvalue weighted by molar-refractivity contribution is -0.126. The summed E-state index contributed by atoms with van der Waals surface area (Å²) < 4.78 is 24.8. The van der Waals surface area contributed by atoms with E-state index in [0.29, 0.717) is 12.1 Å². The Morgan fingerprint density at radius 1 is 1.32 bits per heavy atom. The van der Waals surface area contributed by atoms with Crippen LogP contribution in [-0.2, 0) is 21.2 Å². The first-order valence-electron chi connectivity index (χ1n) is 8.31. The van der Waals surface area contributed by atoms with Crippen molar-refractivity contribution in [1.29, 1.82) is 5.26 Å². The standard InChI is InChI=1S/C17H24N4O3S/c1-25(23,24)21-13-8-6-12(7-9-13)10-14(11-18)20-17(22)15-4-2-3-5-16(15)19/h6-9,14-16,21H,2-5,10,19H2,1H3,(H,20,22)/t14-,15+,16-/m0/s1. The Morgan fingerprint density at radius 3 is 2.52 bits per heavy atom. The Balaban J connectivity index is 1.95. The molecular formula is C17H24N4O3S. The van der Waals surface area contributed by atoms with E-state index >= 15 is 0 Å². The van der Waals surface area contributed by atoms with Crippen molar-refractivity contribution in [2.45, 2.75) is 44.2 Å². The summed E-state index contributed by atoms with van der Waals surface area (Å²) in [6, 6.07) is 8.04. The van der Waals surface area contributed by atoms with Gasteiger partial charge in [0.15, 0.2) is 0 Å². The third-order valence-corrected chi connectivity index (χ3v) is 4.93. The molecule has 3 atom stereocenters. The van der Waals surface area contributed by atoms with E-state index in [0.717, 1.165) is 37.5 Å². The number of rotatable bonds is 6. The van der Waals surface area contributed by atoms with Gasteiger partial charge in [-0.1, -0.05) is 25.0 Å². The number of hydrogen-bond acceptors (Lipinski definition) is 5. The second-order valence-corrected chi connectivity index (χ2v) is 8.27. The van der Waals surface area contributed by atoms with Gasteiger partial charge < -0.3 is 11.1 Å². The Morgan fingerprint density at radius 2 is 1.96 bits per heavy atom. The van der Waals surface area contributed by atoms with E-state index < -0.39 is 16.1 Å². The van der Waals surface area contributed by atoms with Gasteiger partial charge in [-0.25, -0.2) is 8.42 Å². The van der Waals surface area contributed by atoms with E-state index in [-0.39, 0.29) is 17.9 Å². The van der Waals surface area contributed by atoms with E-state index in [1.165, 1.54) is 0 Å². The summed E-state index contributed by atoms with van der Waals surface area (Å²) in [7, 11) is -3.32. The molecule has 0 aromatic heterocycles. The molecule has 1 fully saturated rings. The molecule has 0 radical (unpaired) electrons. The van der Waals surface area contributed by atoms with Crippen LogP contribution in [0.5, 0.6) is 0 Å². The topological polar surface area (TPSA) is 125 Å². The highest BCUT2D eigenvalue weighted by Crippen LogP contribution is 2.23. The number of amides is 1. The zero-order valence-corrected chi connectivity index (χ0v) is 15.1. The van der Waals surface area contributed by atoms with E-state index in [1.54, 1.807) is 24.3 Å². The zero-order valence-electron chi connectivity index (χ0n) is 14.2. The lowest BCUT2D eigenvalue weighted by Crippen LogP contribution is -2.47. The summed E-state index contributed by atoms with van der Waals surface area (Å²) in [6.45, 7) is 0. The molecule has 0 bridgehead atoms. The maximum Gasteiger partial charge on any atom is 0.229 e. The predicted octanol–water partition coefficient (Wildman–Crippen LogP) is 1.13. The van der Waals surface area contributed by atoms with Crippen LogP contribution in [-0.4, -0.2) is 32.7 Å². The second-order valence-electron chi connectivity index (χ2n) is 6.52. The third kappa shape index (κ3) is 6.03. The minimum atomic E-state index is -3.32. The summed E-state index contributed by atoms with van der Waals surface area (Å²) in [5.41, 5.74) is 7.30. The molecule has 7 nitrogen and oxygen atoms in total. The molecule has 1 amide bonds. The normalized spacial score (nSPS) is 21.8. The van der Waals surface area contributed by atoms with Gasteiger partial charge in [0, 0.05) is 18.2 Å². The fourth-order valence-electron chi connectivity index (χ4n) is 3.05. The van der Waals surface area contributed by atoms with Crippen LogP contribution in [0.3, 0.4) is 0 Å². The number of anilines is 1. The number of carbonyl (C=O) groups is 1. The van der Waals surface area contributed by atoms with Gasteiger partial charge >= 0.3 is 0 Å². The van der Waals surface area contributed by atoms with Crippen molar-refractivity contribution in [3.8, 4) is 6.07 Å². The van der Waals surface area contributed by atoms with Crippen LogP contribution >= 0.6 is 0 Å². The molecule has 1 aromatic rings. The average Bonchev–Trinajstić information content (AvgIpc) is 2.55. The highest BCUT2D eigenvalue weighted by molar-refractivity contribution is 7.92. The van der Waals surface area contributed by atoms with Crippen LogP contribution in [0.1, 0.15) is 31.2 Å². The van der Waals surface area contributed by atoms with Crippen LogP contribution in [0, 0.1) is 17.2 Å². The van der Waals surface area contributed by atoms with Crippen molar-refractivity contribution in [1.82, 2.24) is 5.32 Å². The van der Waals surface area contributed by atoms with Gasteiger partial charge in [0.2, 0.25) is 15.9 Å². The molecule has 1 aromatic carbocycles. The number of sulfonamides is 1. The summed E-state index contributed by atoms with van der Waals surface area (Å²) in [4.78, 5) is 12.4. The first-order valence-corrected chi connectivity index (χ1v) is 10.2. The fraction of sp³-hybridized carbons (Fsp3) is 0.529. The molecule has 1 aliphatic rings.